The minimum Gasteiger partial charge on any atom is -0.381 e. The van der Waals surface area contributed by atoms with Crippen LogP contribution >= 0.6 is 35.7 Å². The number of halogens is 1. The normalized spacial score (nSPS) is 23.2. The van der Waals surface area contributed by atoms with Gasteiger partial charge in [0.25, 0.3) is 0 Å². The number of nitrogens with one attached hydrogen (secondary N) is 2. The summed E-state index contributed by atoms with van der Waals surface area (Å²) in [6.45, 7) is 9.20. The predicted molar refractivity (Wildman–Crippen MR) is 136 cm³/mol. The summed E-state index contributed by atoms with van der Waals surface area (Å²) < 4.78 is 5.68. The fourth-order valence-electron chi connectivity index (χ4n) is 4.16. The van der Waals surface area contributed by atoms with Crippen LogP contribution in [0.1, 0.15) is 44.7 Å². The molecule has 2 heterocycles. The van der Waals surface area contributed by atoms with E-state index in [2.05, 4.69) is 76.5 Å². The van der Waals surface area contributed by atoms with Crippen LogP contribution in [-0.2, 0) is 4.74 Å². The van der Waals surface area contributed by atoms with E-state index in [0.29, 0.717) is 11.3 Å². The third kappa shape index (κ3) is 7.01. The van der Waals surface area contributed by atoms with Crippen molar-refractivity contribution in [3.8, 4) is 0 Å². The number of thioether (sulfide) groups is 1. The van der Waals surface area contributed by atoms with Crippen molar-refractivity contribution in [2.24, 2.45) is 4.99 Å². The van der Waals surface area contributed by atoms with Crippen LogP contribution in [0.3, 0.4) is 0 Å². The molecule has 3 rings (SSSR count). The summed E-state index contributed by atoms with van der Waals surface area (Å²) in [4.78, 5) is 7.03. The second-order valence-electron chi connectivity index (χ2n) is 7.92. The molecule has 29 heavy (non-hydrogen) atoms. The van der Waals surface area contributed by atoms with Gasteiger partial charge in [-0.3, -0.25) is 4.99 Å². The summed E-state index contributed by atoms with van der Waals surface area (Å²) in [7, 11) is 1.90. The summed E-state index contributed by atoms with van der Waals surface area (Å²) in [5, 5.41) is 8.34. The molecular weight excluding hydrogens is 495 g/mol. The van der Waals surface area contributed by atoms with E-state index in [1.807, 2.05) is 7.05 Å². The lowest BCUT2D eigenvalue weighted by Gasteiger charge is -2.42. The molecule has 1 aromatic carbocycles. The maximum atomic E-state index is 5.68. The Morgan fingerprint density at radius 2 is 2.03 bits per heavy atom. The van der Waals surface area contributed by atoms with Crippen LogP contribution in [0.4, 0.5) is 0 Å². The molecule has 2 saturated heterocycles. The Kier molecular flexibility index (Phi) is 10.6. The highest BCUT2D eigenvalue weighted by atomic mass is 127. The molecular formula is C22H37IN4OS. The smallest absolute Gasteiger partial charge is 0.193 e. The number of ether oxygens (including phenoxy) is 1. The summed E-state index contributed by atoms with van der Waals surface area (Å²) in [5.41, 5.74) is 1.36. The fourth-order valence-corrected chi connectivity index (χ4v) is 5.34. The van der Waals surface area contributed by atoms with E-state index < -0.39 is 0 Å². The van der Waals surface area contributed by atoms with Crippen LogP contribution in [0.5, 0.6) is 0 Å². The first-order chi connectivity index (χ1) is 13.7. The lowest BCUT2D eigenvalue weighted by atomic mass is 9.88. The van der Waals surface area contributed by atoms with E-state index in [9.17, 15) is 0 Å². The first-order valence-corrected chi connectivity index (χ1v) is 11.7. The van der Waals surface area contributed by atoms with Gasteiger partial charge in [0.2, 0.25) is 0 Å². The molecule has 5 nitrogen and oxygen atoms in total. The summed E-state index contributed by atoms with van der Waals surface area (Å²) in [5.74, 6) is 2.22. The first kappa shape index (κ1) is 24.8. The number of aliphatic imine (C=N–C) groups is 1. The van der Waals surface area contributed by atoms with Crippen LogP contribution in [0.15, 0.2) is 35.3 Å². The third-order valence-corrected chi connectivity index (χ3v) is 7.33. The number of guanidine groups is 1. The Morgan fingerprint density at radius 1 is 1.31 bits per heavy atom. The third-order valence-electron chi connectivity index (χ3n) is 5.96. The molecule has 0 spiro atoms. The fraction of sp³-hybridized carbons (Fsp3) is 0.682. The number of hydrogen-bond donors (Lipinski definition) is 2. The van der Waals surface area contributed by atoms with Crippen molar-refractivity contribution in [1.82, 2.24) is 15.5 Å². The minimum absolute atomic E-state index is 0. The second kappa shape index (κ2) is 12.4. The molecule has 0 amide bonds. The second-order valence-corrected chi connectivity index (χ2v) is 9.33. The SMILES string of the molecule is CCC1CN(C(=NC)NCC2(NC(C)c3ccccc3)CCOCC2)CCS1.I. The summed E-state index contributed by atoms with van der Waals surface area (Å²) >= 11 is 2.09. The maximum absolute atomic E-state index is 5.68. The number of benzene rings is 1. The van der Waals surface area contributed by atoms with Crippen LogP contribution in [-0.4, -0.2) is 67.3 Å². The summed E-state index contributed by atoms with van der Waals surface area (Å²) in [6.07, 6.45) is 3.25. The Bertz CT molecular complexity index is 624. The van der Waals surface area contributed by atoms with Gasteiger partial charge in [0.15, 0.2) is 5.96 Å². The van der Waals surface area contributed by atoms with Crippen molar-refractivity contribution in [2.75, 3.05) is 45.6 Å². The van der Waals surface area contributed by atoms with Gasteiger partial charge in [0, 0.05) is 62.5 Å². The van der Waals surface area contributed by atoms with Crippen molar-refractivity contribution >= 4 is 41.7 Å². The lowest BCUT2D eigenvalue weighted by Crippen LogP contribution is -2.59. The van der Waals surface area contributed by atoms with Crippen LogP contribution < -0.4 is 10.6 Å². The zero-order valence-electron chi connectivity index (χ0n) is 18.0. The molecule has 2 atom stereocenters. The van der Waals surface area contributed by atoms with E-state index in [1.165, 1.54) is 17.7 Å². The quantitative estimate of drug-likeness (QED) is 0.331. The van der Waals surface area contributed by atoms with Gasteiger partial charge in [0.05, 0.1) is 0 Å². The van der Waals surface area contributed by atoms with Gasteiger partial charge in [-0.25, -0.2) is 0 Å². The molecule has 0 saturated carbocycles. The van der Waals surface area contributed by atoms with E-state index in [1.54, 1.807) is 0 Å². The van der Waals surface area contributed by atoms with Crippen LogP contribution in [0, 0.1) is 0 Å². The molecule has 2 unspecified atom stereocenters. The molecule has 1 aromatic rings. The Hall–Kier alpha value is -0.510. The van der Waals surface area contributed by atoms with E-state index in [-0.39, 0.29) is 29.5 Å². The molecule has 2 aliphatic heterocycles. The Morgan fingerprint density at radius 3 is 2.69 bits per heavy atom. The molecule has 164 valence electrons. The molecule has 2 N–H and O–H groups in total. The Labute approximate surface area is 197 Å². The highest BCUT2D eigenvalue weighted by molar-refractivity contribution is 14.0. The highest BCUT2D eigenvalue weighted by Crippen LogP contribution is 2.26. The average Bonchev–Trinajstić information content (AvgIpc) is 2.75. The predicted octanol–water partition coefficient (Wildman–Crippen LogP) is 3.91. The standard InChI is InChI=1S/C22H36N4OS.HI/c1-4-20-16-26(12-15-28-20)21(23-3)24-17-22(10-13-27-14-11-22)25-18(2)19-8-6-5-7-9-19;/h5-9,18,20,25H,4,10-17H2,1-3H3,(H,23,24);1H. The van der Waals surface area contributed by atoms with Gasteiger partial charge in [-0.2, -0.15) is 11.8 Å². The van der Waals surface area contributed by atoms with Crippen LogP contribution in [0.25, 0.3) is 0 Å². The van der Waals surface area contributed by atoms with Crippen LogP contribution in [0.2, 0.25) is 0 Å². The number of nitrogens with zero attached hydrogens (tertiary/aromatic N) is 2. The van der Waals surface area contributed by atoms with Gasteiger partial charge in [0.1, 0.15) is 0 Å². The van der Waals surface area contributed by atoms with Crippen molar-refractivity contribution < 1.29 is 4.74 Å². The van der Waals surface area contributed by atoms with Crippen molar-refractivity contribution in [3.05, 3.63) is 35.9 Å². The van der Waals surface area contributed by atoms with E-state index in [0.717, 1.165) is 51.6 Å². The van der Waals surface area contributed by atoms with Gasteiger partial charge in [-0.1, -0.05) is 37.3 Å². The lowest BCUT2D eigenvalue weighted by molar-refractivity contribution is 0.0352. The molecule has 0 radical (unpaired) electrons. The molecule has 0 aliphatic carbocycles. The van der Waals surface area contributed by atoms with Gasteiger partial charge >= 0.3 is 0 Å². The molecule has 0 bridgehead atoms. The molecule has 2 aliphatic rings. The minimum atomic E-state index is 0. The molecule has 2 fully saturated rings. The Balaban J connectivity index is 0.00000300. The topological polar surface area (TPSA) is 48.9 Å². The zero-order valence-corrected chi connectivity index (χ0v) is 21.2. The molecule has 0 aromatic heterocycles. The van der Waals surface area contributed by atoms with Crippen molar-refractivity contribution in [3.63, 3.8) is 0 Å². The molecule has 7 heteroatoms. The highest BCUT2D eigenvalue weighted by Gasteiger charge is 2.34. The van der Waals surface area contributed by atoms with Gasteiger partial charge < -0.3 is 20.3 Å². The van der Waals surface area contributed by atoms with Crippen molar-refractivity contribution in [1.29, 1.82) is 0 Å². The van der Waals surface area contributed by atoms with Gasteiger partial charge in [-0.15, -0.1) is 24.0 Å². The number of rotatable bonds is 6. The summed E-state index contributed by atoms with van der Waals surface area (Å²) in [6, 6.07) is 11.0. The average molecular weight is 533 g/mol. The van der Waals surface area contributed by atoms with E-state index >= 15 is 0 Å². The van der Waals surface area contributed by atoms with Gasteiger partial charge in [-0.05, 0) is 31.7 Å². The number of hydrogen-bond acceptors (Lipinski definition) is 4. The maximum Gasteiger partial charge on any atom is 0.193 e. The first-order valence-electron chi connectivity index (χ1n) is 10.6. The van der Waals surface area contributed by atoms with Crippen molar-refractivity contribution in [2.45, 2.75) is 49.9 Å². The largest absolute Gasteiger partial charge is 0.381 e. The zero-order chi connectivity index (χ0) is 19.8. The monoisotopic (exact) mass is 532 g/mol. The van der Waals surface area contributed by atoms with E-state index in [4.69, 9.17) is 4.74 Å².